The zero-order valence-corrected chi connectivity index (χ0v) is 41.9. The molecule has 6 nitrogen and oxygen atoms in total. The molecule has 0 aromatic carbocycles. The van der Waals surface area contributed by atoms with E-state index >= 15 is 0 Å². The van der Waals surface area contributed by atoms with E-state index in [1.165, 1.54) is 238 Å². The predicted molar refractivity (Wildman–Crippen MR) is 269 cm³/mol. The maximum absolute atomic E-state index is 12.4. The van der Waals surface area contributed by atoms with Crippen LogP contribution in [0.1, 0.15) is 309 Å². The highest BCUT2D eigenvalue weighted by Crippen LogP contribution is 2.17. The molecule has 0 aromatic rings. The number of carbonyl (C=O) groups is 2. The van der Waals surface area contributed by atoms with E-state index in [0.29, 0.717) is 19.4 Å². The maximum atomic E-state index is 12.4. The number of nitrogens with one attached hydrogen (secondary N) is 1. The Morgan fingerprint density at radius 1 is 0.435 bits per heavy atom. The van der Waals surface area contributed by atoms with E-state index in [-0.39, 0.29) is 18.5 Å². The Bertz CT molecular complexity index is 924. The van der Waals surface area contributed by atoms with Crippen molar-refractivity contribution < 1.29 is 24.5 Å². The Morgan fingerprint density at radius 2 is 0.742 bits per heavy atom. The van der Waals surface area contributed by atoms with Crippen LogP contribution in [0.3, 0.4) is 0 Å². The van der Waals surface area contributed by atoms with Crippen molar-refractivity contribution in [1.82, 2.24) is 5.32 Å². The van der Waals surface area contributed by atoms with Gasteiger partial charge in [-0.15, -0.1) is 0 Å². The molecule has 0 heterocycles. The summed E-state index contributed by atoms with van der Waals surface area (Å²) in [5.41, 5.74) is 0. The molecule has 0 aliphatic rings. The summed E-state index contributed by atoms with van der Waals surface area (Å²) < 4.78 is 5.49. The molecule has 3 N–H and O–H groups in total. The van der Waals surface area contributed by atoms with Gasteiger partial charge in [-0.3, -0.25) is 9.59 Å². The fourth-order valence-electron chi connectivity index (χ4n) is 8.75. The minimum atomic E-state index is -0.846. The molecule has 2 unspecified atom stereocenters. The summed E-state index contributed by atoms with van der Waals surface area (Å²) in [6.07, 6.45) is 60.9. The summed E-state index contributed by atoms with van der Waals surface area (Å²) in [5, 5.41) is 23.0. The highest BCUT2D eigenvalue weighted by Gasteiger charge is 2.18. The van der Waals surface area contributed by atoms with Gasteiger partial charge < -0.3 is 20.3 Å². The van der Waals surface area contributed by atoms with Gasteiger partial charge in [0.05, 0.1) is 25.4 Å². The SMILES string of the molecule is CCCCCCCCCCC/C=C/C(O)C(CO)NC(=O)CCCCCCCCCCCCCCCCCCOC(=O)CCCCCCCCCCCCCCCCCCCC. The molecule has 0 spiro atoms. The van der Waals surface area contributed by atoms with Gasteiger partial charge in [-0.1, -0.05) is 276 Å². The second-order valence-corrected chi connectivity index (χ2v) is 19.3. The van der Waals surface area contributed by atoms with Crippen LogP contribution in [0, 0.1) is 0 Å². The van der Waals surface area contributed by atoms with Crippen LogP contribution < -0.4 is 5.32 Å². The van der Waals surface area contributed by atoms with Gasteiger partial charge in [0.15, 0.2) is 0 Å². The maximum Gasteiger partial charge on any atom is 0.305 e. The number of hydrogen-bond acceptors (Lipinski definition) is 5. The van der Waals surface area contributed by atoms with Gasteiger partial charge in [-0.05, 0) is 32.1 Å². The van der Waals surface area contributed by atoms with Crippen molar-refractivity contribution >= 4 is 11.9 Å². The zero-order valence-electron chi connectivity index (χ0n) is 41.9. The number of aliphatic hydroxyl groups excluding tert-OH is 2. The van der Waals surface area contributed by atoms with Crippen molar-refractivity contribution in [2.24, 2.45) is 0 Å². The topological polar surface area (TPSA) is 95.9 Å². The van der Waals surface area contributed by atoms with Crippen LogP contribution in [-0.2, 0) is 14.3 Å². The third kappa shape index (κ3) is 48.1. The highest BCUT2D eigenvalue weighted by molar-refractivity contribution is 5.76. The first-order chi connectivity index (χ1) is 30.5. The molecule has 0 aliphatic heterocycles. The van der Waals surface area contributed by atoms with Crippen LogP contribution in [0.4, 0.5) is 0 Å². The molecule has 0 aliphatic carbocycles. The number of hydrogen-bond donors (Lipinski definition) is 3. The fourth-order valence-corrected chi connectivity index (χ4v) is 8.75. The number of rotatable bonds is 52. The third-order valence-corrected chi connectivity index (χ3v) is 13.1. The van der Waals surface area contributed by atoms with Gasteiger partial charge in [-0.25, -0.2) is 0 Å². The van der Waals surface area contributed by atoms with Crippen LogP contribution in [0.15, 0.2) is 12.2 Å². The van der Waals surface area contributed by atoms with Gasteiger partial charge in [0, 0.05) is 12.8 Å². The first kappa shape index (κ1) is 60.6. The lowest BCUT2D eigenvalue weighted by Crippen LogP contribution is -2.45. The van der Waals surface area contributed by atoms with Crippen LogP contribution in [-0.4, -0.2) is 47.4 Å². The monoisotopic (exact) mass is 876 g/mol. The Balaban J connectivity index is 3.39. The van der Waals surface area contributed by atoms with Crippen LogP contribution >= 0.6 is 0 Å². The molecule has 0 rings (SSSR count). The van der Waals surface area contributed by atoms with Crippen LogP contribution in [0.25, 0.3) is 0 Å². The summed E-state index contributed by atoms with van der Waals surface area (Å²) in [5.74, 6) is -0.0682. The zero-order chi connectivity index (χ0) is 45.1. The second-order valence-electron chi connectivity index (χ2n) is 19.3. The lowest BCUT2D eigenvalue weighted by atomic mass is 10.0. The molecule has 0 saturated carbocycles. The largest absolute Gasteiger partial charge is 0.466 e. The van der Waals surface area contributed by atoms with Crippen molar-refractivity contribution in [2.75, 3.05) is 13.2 Å². The van der Waals surface area contributed by atoms with Crippen molar-refractivity contribution in [2.45, 2.75) is 321 Å². The molecule has 368 valence electrons. The summed E-state index contributed by atoms with van der Waals surface area (Å²) in [6.45, 7) is 4.89. The summed E-state index contributed by atoms with van der Waals surface area (Å²) >= 11 is 0. The first-order valence-electron chi connectivity index (χ1n) is 28.0. The van der Waals surface area contributed by atoms with Gasteiger partial charge in [0.1, 0.15) is 0 Å². The van der Waals surface area contributed by atoms with E-state index in [9.17, 15) is 19.8 Å². The normalized spacial score (nSPS) is 12.6. The Morgan fingerprint density at radius 3 is 1.10 bits per heavy atom. The minimum Gasteiger partial charge on any atom is -0.466 e. The van der Waals surface area contributed by atoms with Crippen molar-refractivity contribution in [3.8, 4) is 0 Å². The van der Waals surface area contributed by atoms with E-state index in [4.69, 9.17) is 4.74 Å². The molecular formula is C56H109NO5. The van der Waals surface area contributed by atoms with Crippen molar-refractivity contribution in [3.63, 3.8) is 0 Å². The number of unbranched alkanes of at least 4 members (excludes halogenated alkanes) is 41. The number of allylic oxidation sites excluding steroid dienone is 1. The third-order valence-electron chi connectivity index (χ3n) is 13.1. The van der Waals surface area contributed by atoms with Crippen molar-refractivity contribution in [1.29, 1.82) is 0 Å². The summed E-state index contributed by atoms with van der Waals surface area (Å²) in [7, 11) is 0. The number of aliphatic hydroxyl groups is 2. The van der Waals surface area contributed by atoms with Crippen LogP contribution in [0.5, 0.6) is 0 Å². The smallest absolute Gasteiger partial charge is 0.305 e. The fraction of sp³-hybridized carbons (Fsp3) is 0.929. The molecule has 62 heavy (non-hydrogen) atoms. The molecule has 2 atom stereocenters. The molecule has 1 amide bonds. The molecule has 0 bridgehead atoms. The van der Waals surface area contributed by atoms with E-state index in [0.717, 1.165) is 44.9 Å². The highest BCUT2D eigenvalue weighted by atomic mass is 16.5. The van der Waals surface area contributed by atoms with E-state index in [2.05, 4.69) is 19.2 Å². The molecule has 6 heteroatoms. The first-order valence-corrected chi connectivity index (χ1v) is 28.0. The molecule has 0 saturated heterocycles. The number of amides is 1. The quantitative estimate of drug-likeness (QED) is 0.0321. The van der Waals surface area contributed by atoms with Crippen molar-refractivity contribution in [3.05, 3.63) is 12.2 Å². The minimum absolute atomic E-state index is 0.00664. The van der Waals surface area contributed by atoms with Gasteiger partial charge in [0.25, 0.3) is 0 Å². The summed E-state index contributed by atoms with van der Waals surface area (Å²) in [4.78, 5) is 24.5. The van der Waals surface area contributed by atoms with E-state index in [1.807, 2.05) is 6.08 Å². The summed E-state index contributed by atoms with van der Waals surface area (Å²) in [6, 6.07) is -0.630. The molecule has 0 fully saturated rings. The number of carbonyl (C=O) groups excluding carboxylic acids is 2. The number of ether oxygens (including phenoxy) is 1. The predicted octanol–water partition coefficient (Wildman–Crippen LogP) is 16.9. The Hall–Kier alpha value is -1.40. The van der Waals surface area contributed by atoms with E-state index < -0.39 is 12.1 Å². The molecule has 0 aromatic heterocycles. The van der Waals surface area contributed by atoms with Gasteiger partial charge in [0.2, 0.25) is 5.91 Å². The average Bonchev–Trinajstić information content (AvgIpc) is 3.27. The van der Waals surface area contributed by atoms with Gasteiger partial charge in [-0.2, -0.15) is 0 Å². The molecule has 0 radical (unpaired) electrons. The van der Waals surface area contributed by atoms with E-state index in [1.54, 1.807) is 6.08 Å². The number of esters is 1. The second kappa shape index (κ2) is 52.2. The lowest BCUT2D eigenvalue weighted by molar-refractivity contribution is -0.143. The molecular weight excluding hydrogens is 767 g/mol. The Labute approximate surface area is 387 Å². The average molecular weight is 876 g/mol. The standard InChI is InChI=1S/C56H109NO5/c1-3-5-7-9-11-13-15-16-17-18-19-23-26-30-34-38-42-46-50-56(61)62-51-47-43-39-35-31-27-24-21-20-22-25-29-33-37-41-45-49-55(60)57-53(52-58)54(59)48-44-40-36-32-28-14-12-10-8-6-4-2/h44,48,53-54,58-59H,3-43,45-47,49-52H2,1-2H3,(H,57,60)/b48-44+. The van der Waals surface area contributed by atoms with Crippen LogP contribution in [0.2, 0.25) is 0 Å². The van der Waals surface area contributed by atoms with Gasteiger partial charge >= 0.3 is 5.97 Å². The lowest BCUT2D eigenvalue weighted by Gasteiger charge is -2.20. The Kier molecular flexibility index (Phi) is 51.0.